The molecule has 0 aliphatic carbocycles. The minimum Gasteiger partial charge on any atom is -0.381 e. The third-order valence-corrected chi connectivity index (χ3v) is 3.50. The van der Waals surface area contributed by atoms with Crippen LogP contribution in [0.4, 0.5) is 5.69 Å². The van der Waals surface area contributed by atoms with Crippen molar-refractivity contribution in [1.29, 1.82) is 0 Å². The average molecular weight is 246 g/mol. The molecular formula is C13H14N2O3. The van der Waals surface area contributed by atoms with E-state index in [0.717, 1.165) is 37.0 Å². The van der Waals surface area contributed by atoms with Gasteiger partial charge in [0.05, 0.1) is 10.4 Å². The van der Waals surface area contributed by atoms with Gasteiger partial charge in [-0.05, 0) is 25.0 Å². The predicted molar refractivity (Wildman–Crippen MR) is 67.7 cm³/mol. The van der Waals surface area contributed by atoms with Gasteiger partial charge in [-0.3, -0.25) is 10.1 Å². The molecule has 1 aromatic heterocycles. The highest BCUT2D eigenvalue weighted by Crippen LogP contribution is 2.29. The maximum atomic E-state index is 10.8. The van der Waals surface area contributed by atoms with Crippen LogP contribution in [-0.2, 0) is 4.74 Å². The molecule has 1 fully saturated rings. The van der Waals surface area contributed by atoms with Crippen LogP contribution in [0.25, 0.3) is 10.9 Å². The molecule has 18 heavy (non-hydrogen) atoms. The normalized spacial score (nSPS) is 17.1. The van der Waals surface area contributed by atoms with E-state index in [-0.39, 0.29) is 10.6 Å². The number of nitrogens with zero attached hydrogens (tertiary/aromatic N) is 2. The number of aromatic nitrogens is 1. The molecule has 1 saturated heterocycles. The van der Waals surface area contributed by atoms with Gasteiger partial charge in [-0.15, -0.1) is 0 Å². The van der Waals surface area contributed by atoms with Gasteiger partial charge < -0.3 is 9.30 Å². The zero-order valence-corrected chi connectivity index (χ0v) is 9.91. The Morgan fingerprint density at radius 2 is 2.06 bits per heavy atom. The minimum absolute atomic E-state index is 0.148. The van der Waals surface area contributed by atoms with Crippen molar-refractivity contribution in [2.45, 2.75) is 18.9 Å². The molecule has 0 atom stereocenters. The van der Waals surface area contributed by atoms with Gasteiger partial charge in [0.25, 0.3) is 5.69 Å². The Bertz CT molecular complexity index is 585. The first-order chi connectivity index (χ1) is 8.75. The summed E-state index contributed by atoms with van der Waals surface area (Å²) in [6.07, 6.45) is 3.95. The molecule has 94 valence electrons. The third-order valence-electron chi connectivity index (χ3n) is 3.50. The smallest absolute Gasteiger partial charge is 0.271 e. The summed E-state index contributed by atoms with van der Waals surface area (Å²) in [5.74, 6) is 0. The lowest BCUT2D eigenvalue weighted by Crippen LogP contribution is -2.18. The second kappa shape index (κ2) is 4.42. The fourth-order valence-corrected chi connectivity index (χ4v) is 2.53. The zero-order chi connectivity index (χ0) is 12.5. The second-order valence-corrected chi connectivity index (χ2v) is 4.57. The fourth-order valence-electron chi connectivity index (χ4n) is 2.53. The molecule has 5 nitrogen and oxygen atoms in total. The average Bonchev–Trinajstić information content (AvgIpc) is 2.82. The Labute approximate surface area is 104 Å². The van der Waals surface area contributed by atoms with Gasteiger partial charge in [-0.2, -0.15) is 0 Å². The van der Waals surface area contributed by atoms with Gasteiger partial charge in [0.2, 0.25) is 0 Å². The van der Waals surface area contributed by atoms with Crippen molar-refractivity contribution < 1.29 is 9.66 Å². The zero-order valence-electron chi connectivity index (χ0n) is 9.91. The highest BCUT2D eigenvalue weighted by Gasteiger charge is 2.18. The number of nitro groups is 1. The number of nitro benzene ring substituents is 1. The molecule has 1 aliphatic rings. The predicted octanol–water partition coefficient (Wildman–Crippen LogP) is 2.90. The van der Waals surface area contributed by atoms with Crippen molar-refractivity contribution >= 4 is 16.6 Å². The number of rotatable bonds is 2. The van der Waals surface area contributed by atoms with Gasteiger partial charge in [-0.1, -0.05) is 0 Å². The molecule has 0 spiro atoms. The molecule has 0 unspecified atom stereocenters. The summed E-state index contributed by atoms with van der Waals surface area (Å²) < 4.78 is 7.49. The second-order valence-electron chi connectivity index (χ2n) is 4.57. The van der Waals surface area contributed by atoms with Crippen LogP contribution >= 0.6 is 0 Å². The molecule has 2 heterocycles. The molecule has 0 amide bonds. The van der Waals surface area contributed by atoms with Crippen LogP contribution in [0.15, 0.2) is 30.5 Å². The van der Waals surface area contributed by atoms with Crippen LogP contribution in [0.2, 0.25) is 0 Å². The van der Waals surface area contributed by atoms with E-state index in [1.165, 1.54) is 0 Å². The largest absolute Gasteiger partial charge is 0.381 e. The minimum atomic E-state index is -0.346. The maximum absolute atomic E-state index is 10.8. The van der Waals surface area contributed by atoms with Gasteiger partial charge >= 0.3 is 0 Å². The van der Waals surface area contributed by atoms with Gasteiger partial charge in [-0.25, -0.2) is 0 Å². The molecule has 0 saturated carbocycles. The van der Waals surface area contributed by atoms with Crippen LogP contribution < -0.4 is 0 Å². The van der Waals surface area contributed by atoms with Crippen LogP contribution in [0.1, 0.15) is 18.9 Å². The topological polar surface area (TPSA) is 57.3 Å². The van der Waals surface area contributed by atoms with Crippen LogP contribution in [-0.4, -0.2) is 22.7 Å². The Kier molecular flexibility index (Phi) is 2.76. The number of ether oxygens (including phenoxy) is 1. The van der Waals surface area contributed by atoms with Crippen LogP contribution in [0.3, 0.4) is 0 Å². The SMILES string of the molecule is O=[N+]([O-])c1ccc2ccn(C3CCOCC3)c2c1. The van der Waals surface area contributed by atoms with E-state index in [4.69, 9.17) is 4.74 Å². The quantitative estimate of drug-likeness (QED) is 0.604. The number of hydrogen-bond acceptors (Lipinski definition) is 3. The Morgan fingerprint density at radius 3 is 2.78 bits per heavy atom. The summed E-state index contributed by atoms with van der Waals surface area (Å²) in [6.45, 7) is 1.53. The molecule has 0 bridgehead atoms. The number of fused-ring (bicyclic) bond motifs is 1. The van der Waals surface area contributed by atoms with Crippen molar-refractivity contribution in [2.75, 3.05) is 13.2 Å². The molecule has 1 aromatic carbocycles. The first-order valence-electron chi connectivity index (χ1n) is 6.08. The molecule has 0 N–H and O–H groups in total. The standard InChI is InChI=1S/C13H14N2O3/c16-15(17)12-2-1-10-3-6-14(13(10)9-12)11-4-7-18-8-5-11/h1-3,6,9,11H,4-5,7-8H2. The molecular weight excluding hydrogens is 232 g/mol. The molecule has 3 rings (SSSR count). The fraction of sp³-hybridized carbons (Fsp3) is 0.385. The van der Waals surface area contributed by atoms with Crippen molar-refractivity contribution in [3.05, 3.63) is 40.6 Å². The third kappa shape index (κ3) is 1.86. The molecule has 1 aliphatic heterocycles. The summed E-state index contributed by atoms with van der Waals surface area (Å²) >= 11 is 0. The van der Waals surface area contributed by atoms with E-state index in [1.54, 1.807) is 12.1 Å². The van der Waals surface area contributed by atoms with E-state index in [9.17, 15) is 10.1 Å². The van der Waals surface area contributed by atoms with E-state index in [0.29, 0.717) is 6.04 Å². The Morgan fingerprint density at radius 1 is 1.28 bits per heavy atom. The monoisotopic (exact) mass is 246 g/mol. The highest BCUT2D eigenvalue weighted by atomic mass is 16.6. The summed E-state index contributed by atoms with van der Waals surface area (Å²) in [6, 6.07) is 7.41. The summed E-state index contributed by atoms with van der Waals surface area (Å²) in [7, 11) is 0. The van der Waals surface area contributed by atoms with Crippen LogP contribution in [0.5, 0.6) is 0 Å². The van der Waals surface area contributed by atoms with E-state index >= 15 is 0 Å². The summed E-state index contributed by atoms with van der Waals surface area (Å²) in [5, 5.41) is 11.9. The highest BCUT2D eigenvalue weighted by molar-refractivity contribution is 5.82. The summed E-state index contributed by atoms with van der Waals surface area (Å²) in [5.41, 5.74) is 1.09. The van der Waals surface area contributed by atoms with Gasteiger partial charge in [0, 0.05) is 43.0 Å². The molecule has 0 radical (unpaired) electrons. The van der Waals surface area contributed by atoms with Gasteiger partial charge in [0.15, 0.2) is 0 Å². The number of hydrogen-bond donors (Lipinski definition) is 0. The molecule has 5 heteroatoms. The lowest BCUT2D eigenvalue weighted by molar-refractivity contribution is -0.384. The lowest BCUT2D eigenvalue weighted by atomic mass is 10.1. The lowest BCUT2D eigenvalue weighted by Gasteiger charge is -2.24. The van der Waals surface area contributed by atoms with Gasteiger partial charge in [0.1, 0.15) is 0 Å². The van der Waals surface area contributed by atoms with Crippen molar-refractivity contribution in [1.82, 2.24) is 4.57 Å². The maximum Gasteiger partial charge on any atom is 0.271 e. The van der Waals surface area contributed by atoms with Crippen molar-refractivity contribution in [2.24, 2.45) is 0 Å². The first-order valence-corrected chi connectivity index (χ1v) is 6.08. The van der Waals surface area contributed by atoms with E-state index in [2.05, 4.69) is 4.57 Å². The number of non-ortho nitro benzene ring substituents is 1. The number of benzene rings is 1. The van der Waals surface area contributed by atoms with E-state index < -0.39 is 0 Å². The van der Waals surface area contributed by atoms with Crippen LogP contribution in [0, 0.1) is 10.1 Å². The Balaban J connectivity index is 2.05. The van der Waals surface area contributed by atoms with Crippen molar-refractivity contribution in [3.63, 3.8) is 0 Å². The Hall–Kier alpha value is -1.88. The first kappa shape index (κ1) is 11.2. The summed E-state index contributed by atoms with van der Waals surface area (Å²) in [4.78, 5) is 10.5. The van der Waals surface area contributed by atoms with Crippen molar-refractivity contribution in [3.8, 4) is 0 Å². The molecule has 2 aromatic rings. The van der Waals surface area contributed by atoms with E-state index in [1.807, 2.05) is 18.3 Å².